The van der Waals surface area contributed by atoms with E-state index in [1.165, 1.54) is 19.3 Å². The van der Waals surface area contributed by atoms with Gasteiger partial charge in [0.1, 0.15) is 0 Å². The summed E-state index contributed by atoms with van der Waals surface area (Å²) in [7, 11) is 0. The molecule has 2 N–H and O–H groups in total. The molecule has 1 spiro atoms. The summed E-state index contributed by atoms with van der Waals surface area (Å²) in [6, 6.07) is 5.61. The highest BCUT2D eigenvalue weighted by molar-refractivity contribution is 9.10. The van der Waals surface area contributed by atoms with Crippen molar-refractivity contribution in [2.24, 2.45) is 0 Å². The van der Waals surface area contributed by atoms with Gasteiger partial charge in [0, 0.05) is 16.1 Å². The Bertz CT molecular complexity index is 531. The van der Waals surface area contributed by atoms with Crippen LogP contribution in [0.25, 0.3) is 0 Å². The molecule has 108 valence electrons. The lowest BCUT2D eigenvalue weighted by Crippen LogP contribution is -2.59. The zero-order valence-electron chi connectivity index (χ0n) is 11.2. The molecule has 1 aliphatic carbocycles. The molecule has 0 radical (unpaired) electrons. The predicted octanol–water partition coefficient (Wildman–Crippen LogP) is 3.51. The molecule has 1 aromatic carbocycles. The lowest BCUT2D eigenvalue weighted by Gasteiger charge is -2.48. The minimum atomic E-state index is -0.0716. The van der Waals surface area contributed by atoms with Crippen molar-refractivity contribution < 1.29 is 4.79 Å². The Morgan fingerprint density at radius 2 is 2.25 bits per heavy atom. The molecule has 3 nitrogen and oxygen atoms in total. The van der Waals surface area contributed by atoms with Gasteiger partial charge in [-0.2, -0.15) is 0 Å². The van der Waals surface area contributed by atoms with Crippen LogP contribution >= 0.6 is 27.5 Å². The molecule has 2 aliphatic rings. The fourth-order valence-electron chi connectivity index (χ4n) is 3.20. The van der Waals surface area contributed by atoms with Crippen molar-refractivity contribution in [3.05, 3.63) is 33.3 Å². The van der Waals surface area contributed by atoms with Crippen molar-refractivity contribution in [2.75, 3.05) is 6.54 Å². The second-order valence-corrected chi connectivity index (χ2v) is 7.17. The number of amides is 1. The highest BCUT2D eigenvalue weighted by Crippen LogP contribution is 2.38. The van der Waals surface area contributed by atoms with E-state index in [1.807, 2.05) is 6.07 Å². The maximum atomic E-state index is 12.4. The van der Waals surface area contributed by atoms with Crippen molar-refractivity contribution in [2.45, 2.75) is 43.7 Å². The second-order valence-electron chi connectivity index (χ2n) is 5.85. The summed E-state index contributed by atoms with van der Waals surface area (Å²) in [6.45, 7) is 0.983. The van der Waals surface area contributed by atoms with Gasteiger partial charge in [0.15, 0.2) is 0 Å². The number of carbonyl (C=O) groups is 1. The minimum absolute atomic E-state index is 0.0716. The summed E-state index contributed by atoms with van der Waals surface area (Å²) in [6.07, 6.45) is 5.78. The molecule has 1 saturated carbocycles. The Morgan fingerprint density at radius 1 is 1.45 bits per heavy atom. The van der Waals surface area contributed by atoms with Crippen molar-refractivity contribution in [3.8, 4) is 0 Å². The van der Waals surface area contributed by atoms with E-state index in [-0.39, 0.29) is 17.5 Å². The van der Waals surface area contributed by atoms with Crippen molar-refractivity contribution in [1.29, 1.82) is 0 Å². The van der Waals surface area contributed by atoms with E-state index in [0.717, 1.165) is 23.9 Å². The average Bonchev–Trinajstić information content (AvgIpc) is 2.40. The third-order valence-electron chi connectivity index (χ3n) is 4.45. The van der Waals surface area contributed by atoms with Gasteiger partial charge in [-0.15, -0.1) is 0 Å². The number of carbonyl (C=O) groups excluding carboxylic acids is 1. The smallest absolute Gasteiger partial charge is 0.253 e. The molecule has 5 heteroatoms. The van der Waals surface area contributed by atoms with Gasteiger partial charge in [0.2, 0.25) is 0 Å². The third-order valence-corrected chi connectivity index (χ3v) is 5.27. The van der Waals surface area contributed by atoms with Crippen LogP contribution < -0.4 is 10.6 Å². The van der Waals surface area contributed by atoms with E-state index in [1.54, 1.807) is 12.1 Å². The number of rotatable bonds is 2. The Hall–Kier alpha value is -0.580. The molecule has 1 atom stereocenters. The van der Waals surface area contributed by atoms with Crippen LogP contribution in [0.4, 0.5) is 0 Å². The summed E-state index contributed by atoms with van der Waals surface area (Å²) in [5.74, 6) is -0.0716. The Balaban J connectivity index is 1.67. The van der Waals surface area contributed by atoms with Crippen LogP contribution in [-0.4, -0.2) is 24.0 Å². The maximum absolute atomic E-state index is 12.4. The molecule has 1 aromatic rings. The SMILES string of the molecule is O=C(NC1CCNC2(CCC2)C1)c1cc(Br)ccc1Cl. The largest absolute Gasteiger partial charge is 0.349 e. The zero-order chi connectivity index (χ0) is 14.2. The number of hydrogen-bond donors (Lipinski definition) is 2. The molecule has 1 heterocycles. The van der Waals surface area contributed by atoms with Gasteiger partial charge in [0.25, 0.3) is 5.91 Å². The molecular weight excluding hydrogens is 340 g/mol. The minimum Gasteiger partial charge on any atom is -0.349 e. The van der Waals surface area contributed by atoms with Crippen LogP contribution in [-0.2, 0) is 0 Å². The van der Waals surface area contributed by atoms with E-state index in [9.17, 15) is 4.79 Å². The average molecular weight is 358 g/mol. The molecule has 2 fully saturated rings. The molecule has 0 aromatic heterocycles. The third kappa shape index (κ3) is 2.87. The number of hydrogen-bond acceptors (Lipinski definition) is 2. The molecule has 3 rings (SSSR count). The van der Waals surface area contributed by atoms with Crippen LogP contribution in [0, 0.1) is 0 Å². The van der Waals surface area contributed by atoms with Crippen LogP contribution in [0.5, 0.6) is 0 Å². The summed E-state index contributed by atoms with van der Waals surface area (Å²) in [4.78, 5) is 12.4. The van der Waals surface area contributed by atoms with Crippen LogP contribution in [0.15, 0.2) is 22.7 Å². The summed E-state index contributed by atoms with van der Waals surface area (Å²) in [5, 5.41) is 7.25. The van der Waals surface area contributed by atoms with E-state index < -0.39 is 0 Å². The summed E-state index contributed by atoms with van der Waals surface area (Å²) < 4.78 is 0.868. The normalized spacial score (nSPS) is 24.2. The first-order chi connectivity index (χ1) is 9.58. The molecule has 1 aliphatic heterocycles. The van der Waals surface area contributed by atoms with E-state index in [2.05, 4.69) is 26.6 Å². The predicted molar refractivity (Wildman–Crippen MR) is 84.2 cm³/mol. The quantitative estimate of drug-likeness (QED) is 0.850. The van der Waals surface area contributed by atoms with Gasteiger partial charge in [-0.05, 0) is 56.8 Å². The van der Waals surface area contributed by atoms with Crippen LogP contribution in [0.3, 0.4) is 0 Å². The summed E-state index contributed by atoms with van der Waals surface area (Å²) in [5.41, 5.74) is 0.833. The van der Waals surface area contributed by atoms with Gasteiger partial charge in [-0.25, -0.2) is 0 Å². The van der Waals surface area contributed by atoms with Gasteiger partial charge in [0.05, 0.1) is 10.6 Å². The first-order valence-corrected chi connectivity index (χ1v) is 8.26. The van der Waals surface area contributed by atoms with E-state index in [4.69, 9.17) is 11.6 Å². The standard InChI is InChI=1S/C15H18BrClN2O/c16-10-2-3-13(17)12(8-10)14(20)19-11-4-7-18-15(9-11)5-1-6-15/h2-3,8,11,18H,1,4-7,9H2,(H,19,20). The van der Waals surface area contributed by atoms with Gasteiger partial charge >= 0.3 is 0 Å². The molecule has 1 saturated heterocycles. The first-order valence-electron chi connectivity index (χ1n) is 7.09. The zero-order valence-corrected chi connectivity index (χ0v) is 13.6. The van der Waals surface area contributed by atoms with E-state index in [0.29, 0.717) is 10.6 Å². The Labute approximate surface area is 132 Å². The Kier molecular flexibility index (Phi) is 4.07. The fourth-order valence-corrected chi connectivity index (χ4v) is 3.76. The lowest BCUT2D eigenvalue weighted by atomic mass is 9.70. The van der Waals surface area contributed by atoms with Crippen LogP contribution in [0.2, 0.25) is 5.02 Å². The molecule has 1 unspecified atom stereocenters. The van der Waals surface area contributed by atoms with E-state index >= 15 is 0 Å². The number of benzene rings is 1. The second kappa shape index (κ2) is 5.66. The monoisotopic (exact) mass is 356 g/mol. The van der Waals surface area contributed by atoms with Gasteiger partial charge < -0.3 is 10.6 Å². The van der Waals surface area contributed by atoms with Gasteiger partial charge in [-0.1, -0.05) is 27.5 Å². The van der Waals surface area contributed by atoms with Crippen molar-refractivity contribution in [1.82, 2.24) is 10.6 Å². The highest BCUT2D eigenvalue weighted by atomic mass is 79.9. The topological polar surface area (TPSA) is 41.1 Å². The highest BCUT2D eigenvalue weighted by Gasteiger charge is 2.41. The summed E-state index contributed by atoms with van der Waals surface area (Å²) >= 11 is 9.49. The maximum Gasteiger partial charge on any atom is 0.253 e. The van der Waals surface area contributed by atoms with Crippen molar-refractivity contribution >= 4 is 33.4 Å². The van der Waals surface area contributed by atoms with Crippen LogP contribution in [0.1, 0.15) is 42.5 Å². The number of piperidine rings is 1. The fraction of sp³-hybridized carbons (Fsp3) is 0.533. The first kappa shape index (κ1) is 14.4. The molecule has 0 bridgehead atoms. The number of nitrogens with one attached hydrogen (secondary N) is 2. The lowest BCUT2D eigenvalue weighted by molar-refractivity contribution is 0.0853. The molecule has 1 amide bonds. The molecule has 20 heavy (non-hydrogen) atoms. The van der Waals surface area contributed by atoms with Crippen molar-refractivity contribution in [3.63, 3.8) is 0 Å². The number of halogens is 2. The Morgan fingerprint density at radius 3 is 2.95 bits per heavy atom. The molecular formula is C15H18BrClN2O. The van der Waals surface area contributed by atoms with Gasteiger partial charge in [-0.3, -0.25) is 4.79 Å².